The van der Waals surface area contributed by atoms with E-state index >= 15 is 0 Å². The van der Waals surface area contributed by atoms with Crippen molar-refractivity contribution in [3.8, 4) is 0 Å². The van der Waals surface area contributed by atoms with Crippen molar-refractivity contribution in [1.29, 1.82) is 0 Å². The Morgan fingerprint density at radius 3 is 2.05 bits per heavy atom. The molecule has 2 heterocycles. The average molecular weight is 828 g/mol. The van der Waals surface area contributed by atoms with Gasteiger partial charge in [0.1, 0.15) is 78.6 Å². The fraction of sp³-hybridized carbons (Fsp3) is 0.914. The van der Waals surface area contributed by atoms with Gasteiger partial charge in [-0.05, 0) is 32.1 Å². The van der Waals surface area contributed by atoms with E-state index in [2.05, 4.69) is 22.9 Å². The maximum Gasteiger partial charge on any atom is 0.243 e. The van der Waals surface area contributed by atoms with Crippen molar-refractivity contribution in [2.24, 2.45) is 17.8 Å². The molecule has 20 nitrogen and oxygen atoms in total. The van der Waals surface area contributed by atoms with Crippen LogP contribution in [0.2, 0.25) is 0 Å². The molecule has 3 amide bonds. The number of rotatable bonds is 15. The van der Waals surface area contributed by atoms with Gasteiger partial charge in [0, 0.05) is 24.5 Å². The maximum atomic E-state index is 13.8. The van der Waals surface area contributed by atoms with Crippen LogP contribution in [0.3, 0.4) is 0 Å². The van der Waals surface area contributed by atoms with Crippen LogP contribution < -0.4 is 16.0 Å². The van der Waals surface area contributed by atoms with Crippen molar-refractivity contribution < 1.29 is 84.8 Å². The Morgan fingerprint density at radius 2 is 1.48 bits per heavy atom. The molecule has 0 spiro atoms. The van der Waals surface area contributed by atoms with Crippen LogP contribution in [0.5, 0.6) is 0 Å². The van der Waals surface area contributed by atoms with Gasteiger partial charge in [0.15, 0.2) is 6.29 Å². The number of amides is 3. The third kappa shape index (κ3) is 10.7. The summed E-state index contributed by atoms with van der Waals surface area (Å²) in [6.45, 7) is 5.07. The molecule has 2 aliphatic carbocycles. The first-order valence-electron chi connectivity index (χ1n) is 19.2. The molecule has 4 rings (SSSR count). The number of nitrogens with one attached hydrogen (secondary N) is 3. The predicted octanol–water partition coefficient (Wildman–Crippen LogP) is -5.48. The van der Waals surface area contributed by atoms with Crippen LogP contribution in [-0.2, 0) is 28.6 Å². The van der Waals surface area contributed by atoms with Crippen LogP contribution in [-0.4, -0.2) is 195 Å². The monoisotopic (exact) mass is 827 g/mol. The number of aliphatic hydroxyl groups excluding tert-OH is 11. The Kier molecular flexibility index (Phi) is 17.1. The molecule has 0 aromatic heterocycles. The summed E-state index contributed by atoms with van der Waals surface area (Å²) in [5.74, 6) is -3.36. The summed E-state index contributed by atoms with van der Waals surface area (Å²) in [4.78, 5) is 39.3. The normalized spacial score (nSPS) is 43.3. The number of hydrogen-bond acceptors (Lipinski definition) is 18. The molecule has 21 atom stereocenters. The molecule has 4 fully saturated rings. The van der Waals surface area contributed by atoms with Gasteiger partial charge in [-0.1, -0.05) is 26.7 Å². The Bertz CT molecular complexity index is 1290. The van der Waals surface area contributed by atoms with Gasteiger partial charge in [-0.3, -0.25) is 14.4 Å². The zero-order chi connectivity index (χ0) is 41.8. The van der Waals surface area contributed by atoms with E-state index in [0.29, 0.717) is 18.8 Å². The largest absolute Gasteiger partial charge is 0.394 e. The smallest absolute Gasteiger partial charge is 0.243 e. The molecule has 21 heteroatoms. The van der Waals surface area contributed by atoms with Gasteiger partial charge < -0.3 is 86.3 Å². The lowest BCUT2D eigenvalue weighted by Crippen LogP contribution is -2.69. The summed E-state index contributed by atoms with van der Waals surface area (Å²) in [6.07, 6.45) is -19.3. The van der Waals surface area contributed by atoms with Crippen molar-refractivity contribution in [2.75, 3.05) is 12.4 Å². The molecular weight excluding hydrogens is 766 g/mol. The molecule has 2 saturated heterocycles. The molecule has 4 aliphatic rings. The number of carbonyl (C=O) groups excluding carboxylic acids is 3. The van der Waals surface area contributed by atoms with Crippen LogP contribution in [0.4, 0.5) is 0 Å². The van der Waals surface area contributed by atoms with Gasteiger partial charge in [-0.2, -0.15) is 0 Å². The molecule has 324 valence electrons. The molecule has 10 unspecified atom stereocenters. The third-order valence-corrected chi connectivity index (χ3v) is 12.7. The molecular formula is C35H61N3O17S. The van der Waals surface area contributed by atoms with Crippen LogP contribution in [0.15, 0.2) is 0 Å². The van der Waals surface area contributed by atoms with Crippen LogP contribution in [0, 0.1) is 17.8 Å². The molecule has 0 aromatic carbocycles. The standard InChI is InChI=1S/C35H61N3O17S/c1-5-6-15-7-8-16(9-15)32(51)37-19(13(3)40)30-28(49)25(46)29(50)35(55-30)56-11-17(36-14(4)41)33(52)38-20-24(45)23(44)18(10-39)53-34(20)54-31-26(47)21(42)12(2)22(43)27(31)48/h12-13,15-31,34-35,39-40,42-50H,5-11H2,1-4H3,(H,36,41)(H,37,51)(H,38,52)/t12?,13-,15?,16+,17+,18?,19-,20?,21?,22?,23-,24-,25+,26-,27?,28-,29?,30?,31?,34-,35-/m1/s1. The van der Waals surface area contributed by atoms with Crippen molar-refractivity contribution in [3.05, 3.63) is 0 Å². The second-order valence-electron chi connectivity index (χ2n) is 15.6. The van der Waals surface area contributed by atoms with Crippen molar-refractivity contribution in [2.45, 2.75) is 169 Å². The quantitative estimate of drug-likeness (QED) is 0.0732. The second-order valence-corrected chi connectivity index (χ2v) is 16.8. The number of thioether (sulfide) groups is 1. The summed E-state index contributed by atoms with van der Waals surface area (Å²) < 4.78 is 17.3. The first kappa shape index (κ1) is 46.9. The summed E-state index contributed by atoms with van der Waals surface area (Å²) in [5.41, 5.74) is -1.39. The summed E-state index contributed by atoms with van der Waals surface area (Å²) in [5, 5.41) is 125. The Balaban J connectivity index is 1.49. The molecule has 56 heavy (non-hydrogen) atoms. The van der Waals surface area contributed by atoms with Gasteiger partial charge in [-0.25, -0.2) is 0 Å². The van der Waals surface area contributed by atoms with Crippen LogP contribution in [0.1, 0.15) is 59.8 Å². The molecule has 0 radical (unpaired) electrons. The molecule has 0 bridgehead atoms. The van der Waals surface area contributed by atoms with E-state index in [0.717, 1.165) is 37.9 Å². The molecule has 2 aliphatic heterocycles. The van der Waals surface area contributed by atoms with Gasteiger partial charge in [0.2, 0.25) is 17.7 Å². The van der Waals surface area contributed by atoms with Crippen molar-refractivity contribution in [3.63, 3.8) is 0 Å². The Labute approximate surface area is 328 Å². The number of aliphatic hydroxyl groups is 11. The van der Waals surface area contributed by atoms with E-state index in [1.54, 1.807) is 0 Å². The third-order valence-electron chi connectivity index (χ3n) is 11.5. The summed E-state index contributed by atoms with van der Waals surface area (Å²) in [7, 11) is 0. The number of carbonyl (C=O) groups is 3. The highest BCUT2D eigenvalue weighted by atomic mass is 32.2. The van der Waals surface area contributed by atoms with E-state index in [1.807, 2.05) is 0 Å². The maximum absolute atomic E-state index is 13.8. The first-order chi connectivity index (χ1) is 26.3. The van der Waals surface area contributed by atoms with Crippen molar-refractivity contribution >= 4 is 29.5 Å². The number of hydrogen-bond donors (Lipinski definition) is 14. The molecule has 2 saturated carbocycles. The predicted molar refractivity (Wildman–Crippen MR) is 194 cm³/mol. The lowest BCUT2D eigenvalue weighted by molar-refractivity contribution is -0.315. The van der Waals surface area contributed by atoms with E-state index in [9.17, 15) is 70.6 Å². The minimum atomic E-state index is -1.91. The molecule has 0 aromatic rings. The van der Waals surface area contributed by atoms with E-state index in [-0.39, 0.29) is 17.6 Å². The highest BCUT2D eigenvalue weighted by Gasteiger charge is 2.53. The highest BCUT2D eigenvalue weighted by Crippen LogP contribution is 2.36. The van der Waals surface area contributed by atoms with Crippen LogP contribution >= 0.6 is 11.8 Å². The fourth-order valence-electron chi connectivity index (χ4n) is 8.02. The lowest BCUT2D eigenvalue weighted by atomic mass is 9.79. The highest BCUT2D eigenvalue weighted by molar-refractivity contribution is 7.99. The lowest BCUT2D eigenvalue weighted by Gasteiger charge is -2.47. The Hall–Kier alpha value is -1.80. The second kappa shape index (κ2) is 20.4. The Morgan fingerprint density at radius 1 is 0.839 bits per heavy atom. The van der Waals surface area contributed by atoms with Gasteiger partial charge in [0.05, 0.1) is 31.0 Å². The summed E-state index contributed by atoms with van der Waals surface area (Å²) in [6, 6.07) is -4.41. The average Bonchev–Trinajstić information content (AvgIpc) is 3.63. The van der Waals surface area contributed by atoms with Gasteiger partial charge >= 0.3 is 0 Å². The van der Waals surface area contributed by atoms with E-state index in [1.165, 1.54) is 13.8 Å². The topological polar surface area (TPSA) is 338 Å². The van der Waals surface area contributed by atoms with Crippen molar-refractivity contribution in [1.82, 2.24) is 16.0 Å². The summed E-state index contributed by atoms with van der Waals surface area (Å²) >= 11 is 0.728. The van der Waals surface area contributed by atoms with Crippen LogP contribution in [0.25, 0.3) is 0 Å². The van der Waals surface area contributed by atoms with Gasteiger partial charge in [0.25, 0.3) is 0 Å². The van der Waals surface area contributed by atoms with Gasteiger partial charge in [-0.15, -0.1) is 11.8 Å². The first-order valence-corrected chi connectivity index (χ1v) is 20.2. The fourth-order valence-corrected chi connectivity index (χ4v) is 9.20. The zero-order valence-corrected chi connectivity index (χ0v) is 32.7. The molecule has 14 N–H and O–H groups in total. The van der Waals surface area contributed by atoms with E-state index in [4.69, 9.17) is 14.2 Å². The minimum absolute atomic E-state index is 0.320. The SMILES string of the molecule is CCCC1CC[C@H](C(=O)N[C@@H](C2O[C@H](SC[C@H](NC(C)=O)C(=O)NC3[C@@H](OC4C(O)C(O)C(C)C(O)[C@H]4O)OC(CO)[C@@H](O)[C@@H]3O)C(O)[C@@H](O)[C@H]2O)[C@@H](C)O)C1. The number of ether oxygens (including phenoxy) is 3. The van der Waals surface area contributed by atoms with E-state index < -0.39 is 134 Å². The zero-order valence-electron chi connectivity index (χ0n) is 31.9. The minimum Gasteiger partial charge on any atom is -0.394 e.